The number of hydrogen-bond acceptors (Lipinski definition) is 5. The summed E-state index contributed by atoms with van der Waals surface area (Å²) in [5.74, 6) is 0. The highest BCUT2D eigenvalue weighted by molar-refractivity contribution is 7.09. The van der Waals surface area contributed by atoms with E-state index in [1.165, 1.54) is 5.01 Å². The molecular formula is C16H24N4S. The van der Waals surface area contributed by atoms with E-state index in [0.717, 1.165) is 50.4 Å². The predicted octanol–water partition coefficient (Wildman–Crippen LogP) is 2.68. The van der Waals surface area contributed by atoms with Crippen LogP contribution in [-0.2, 0) is 6.42 Å². The second-order valence-electron chi connectivity index (χ2n) is 4.89. The number of hydrogen-bond donors (Lipinski definition) is 1. The van der Waals surface area contributed by atoms with Crippen LogP contribution in [-0.4, -0.2) is 47.6 Å². The molecule has 5 heteroatoms. The second kappa shape index (κ2) is 8.87. The number of nitrogens with one attached hydrogen (secondary N) is 1. The normalized spacial score (nSPS) is 11.2. The van der Waals surface area contributed by atoms with Gasteiger partial charge in [0.05, 0.1) is 10.7 Å². The van der Waals surface area contributed by atoms with Crippen molar-refractivity contribution in [3.05, 3.63) is 34.9 Å². The van der Waals surface area contributed by atoms with Crippen LogP contribution in [0, 0.1) is 0 Å². The van der Waals surface area contributed by atoms with Crippen LogP contribution in [0.4, 0.5) is 0 Å². The second-order valence-corrected chi connectivity index (χ2v) is 5.83. The molecule has 0 spiro atoms. The molecule has 4 nitrogen and oxygen atoms in total. The van der Waals surface area contributed by atoms with Crippen LogP contribution in [0.15, 0.2) is 29.9 Å². The van der Waals surface area contributed by atoms with Crippen LogP contribution < -0.4 is 5.32 Å². The molecule has 2 rings (SSSR count). The maximum Gasteiger partial charge on any atom is 0.0945 e. The van der Waals surface area contributed by atoms with Crippen molar-refractivity contribution in [2.75, 3.05) is 32.7 Å². The van der Waals surface area contributed by atoms with E-state index in [9.17, 15) is 0 Å². The number of rotatable bonds is 9. The van der Waals surface area contributed by atoms with Crippen molar-refractivity contribution in [3.63, 3.8) is 0 Å². The minimum absolute atomic E-state index is 0.991. The molecule has 0 atom stereocenters. The highest BCUT2D eigenvalue weighted by Gasteiger charge is 2.04. The molecule has 0 aromatic carbocycles. The van der Waals surface area contributed by atoms with Crippen LogP contribution >= 0.6 is 11.3 Å². The number of likely N-dealkylation sites (N-methyl/N-ethyl adjacent to an activating group) is 1. The van der Waals surface area contributed by atoms with Gasteiger partial charge < -0.3 is 10.2 Å². The van der Waals surface area contributed by atoms with E-state index in [0.29, 0.717) is 0 Å². The van der Waals surface area contributed by atoms with E-state index in [2.05, 4.69) is 39.4 Å². The molecule has 0 aliphatic rings. The summed E-state index contributed by atoms with van der Waals surface area (Å²) in [6, 6.07) is 4.00. The number of pyridine rings is 1. The molecule has 0 aliphatic carbocycles. The summed E-state index contributed by atoms with van der Waals surface area (Å²) in [6.45, 7) is 9.82. The van der Waals surface area contributed by atoms with E-state index >= 15 is 0 Å². The molecule has 0 unspecified atom stereocenters. The van der Waals surface area contributed by atoms with Crippen LogP contribution in [0.3, 0.4) is 0 Å². The van der Waals surface area contributed by atoms with Gasteiger partial charge >= 0.3 is 0 Å². The summed E-state index contributed by atoms with van der Waals surface area (Å²) >= 11 is 1.74. The smallest absolute Gasteiger partial charge is 0.0945 e. The standard InChI is InChI=1S/C16H24N4S/c1-3-20(4-2)12-11-18-10-7-16-19-15(13-21-16)14-5-8-17-9-6-14/h5-6,8-9,13,18H,3-4,7,10-12H2,1-2H3. The van der Waals surface area contributed by atoms with Gasteiger partial charge in [-0.25, -0.2) is 4.98 Å². The molecule has 114 valence electrons. The van der Waals surface area contributed by atoms with E-state index in [1.54, 1.807) is 11.3 Å². The fourth-order valence-electron chi connectivity index (χ4n) is 2.18. The quantitative estimate of drug-likeness (QED) is 0.723. The molecule has 21 heavy (non-hydrogen) atoms. The molecule has 2 heterocycles. The third kappa shape index (κ3) is 5.19. The lowest BCUT2D eigenvalue weighted by molar-refractivity contribution is 0.303. The lowest BCUT2D eigenvalue weighted by atomic mass is 10.2. The first-order chi connectivity index (χ1) is 10.3. The Bertz CT molecular complexity index is 508. The highest BCUT2D eigenvalue weighted by Crippen LogP contribution is 2.21. The van der Waals surface area contributed by atoms with Crippen molar-refractivity contribution in [3.8, 4) is 11.3 Å². The summed E-state index contributed by atoms with van der Waals surface area (Å²) < 4.78 is 0. The van der Waals surface area contributed by atoms with Gasteiger partial charge in [0.25, 0.3) is 0 Å². The third-order valence-corrected chi connectivity index (χ3v) is 4.45. The average Bonchev–Trinajstić information content (AvgIpc) is 3.01. The van der Waals surface area contributed by atoms with Crippen molar-refractivity contribution < 1.29 is 0 Å². The van der Waals surface area contributed by atoms with E-state index in [-0.39, 0.29) is 0 Å². The van der Waals surface area contributed by atoms with Gasteiger partial charge in [-0.3, -0.25) is 4.98 Å². The topological polar surface area (TPSA) is 41.0 Å². The summed E-state index contributed by atoms with van der Waals surface area (Å²) in [5, 5.41) is 6.81. The van der Waals surface area contributed by atoms with Crippen molar-refractivity contribution in [2.45, 2.75) is 20.3 Å². The summed E-state index contributed by atoms with van der Waals surface area (Å²) in [4.78, 5) is 11.2. The van der Waals surface area contributed by atoms with Crippen molar-refractivity contribution in [2.24, 2.45) is 0 Å². The van der Waals surface area contributed by atoms with E-state index in [1.807, 2.05) is 24.5 Å². The zero-order valence-electron chi connectivity index (χ0n) is 12.9. The Balaban J connectivity index is 1.71. The fourth-order valence-corrected chi connectivity index (χ4v) is 2.99. The van der Waals surface area contributed by atoms with Gasteiger partial charge in [-0.05, 0) is 25.2 Å². The first-order valence-corrected chi connectivity index (χ1v) is 8.49. The zero-order valence-corrected chi connectivity index (χ0v) is 13.7. The Hall–Kier alpha value is -1.30. The van der Waals surface area contributed by atoms with Crippen molar-refractivity contribution >= 4 is 11.3 Å². The van der Waals surface area contributed by atoms with Gasteiger partial charge in [-0.15, -0.1) is 11.3 Å². The van der Waals surface area contributed by atoms with Crippen LogP contribution in [0.25, 0.3) is 11.3 Å². The van der Waals surface area contributed by atoms with Gasteiger partial charge in [0, 0.05) is 49.4 Å². The van der Waals surface area contributed by atoms with Crippen LogP contribution in [0.5, 0.6) is 0 Å². The highest BCUT2D eigenvalue weighted by atomic mass is 32.1. The average molecular weight is 304 g/mol. The lowest BCUT2D eigenvalue weighted by Crippen LogP contribution is -2.32. The van der Waals surface area contributed by atoms with Crippen LogP contribution in [0.2, 0.25) is 0 Å². The maximum absolute atomic E-state index is 4.69. The monoisotopic (exact) mass is 304 g/mol. The van der Waals surface area contributed by atoms with Gasteiger partial charge in [-0.1, -0.05) is 13.8 Å². The minimum atomic E-state index is 0.991. The zero-order chi connectivity index (χ0) is 14.9. The molecule has 1 N–H and O–H groups in total. The first kappa shape index (κ1) is 16.1. The molecule has 2 aromatic rings. The minimum Gasteiger partial charge on any atom is -0.315 e. The maximum atomic E-state index is 4.69. The Morgan fingerprint density at radius 3 is 2.62 bits per heavy atom. The lowest BCUT2D eigenvalue weighted by Gasteiger charge is -2.17. The molecule has 0 saturated carbocycles. The third-order valence-electron chi connectivity index (χ3n) is 3.54. The van der Waals surface area contributed by atoms with Gasteiger partial charge in [-0.2, -0.15) is 0 Å². The Morgan fingerprint density at radius 2 is 1.90 bits per heavy atom. The summed E-state index contributed by atoms with van der Waals surface area (Å²) in [7, 11) is 0. The fraction of sp³-hybridized carbons (Fsp3) is 0.500. The predicted molar refractivity (Wildman–Crippen MR) is 89.7 cm³/mol. The number of nitrogens with zero attached hydrogens (tertiary/aromatic N) is 3. The Morgan fingerprint density at radius 1 is 1.14 bits per heavy atom. The Labute approximate surface area is 131 Å². The molecular weight excluding hydrogens is 280 g/mol. The molecule has 0 saturated heterocycles. The number of aromatic nitrogens is 2. The van der Waals surface area contributed by atoms with Crippen molar-refractivity contribution in [1.29, 1.82) is 0 Å². The molecule has 0 amide bonds. The summed E-state index contributed by atoms with van der Waals surface area (Å²) in [6.07, 6.45) is 4.61. The summed E-state index contributed by atoms with van der Waals surface area (Å²) in [5.41, 5.74) is 2.20. The van der Waals surface area contributed by atoms with E-state index in [4.69, 9.17) is 0 Å². The van der Waals surface area contributed by atoms with Gasteiger partial charge in [0.15, 0.2) is 0 Å². The molecule has 0 radical (unpaired) electrons. The molecule has 0 fully saturated rings. The molecule has 2 aromatic heterocycles. The van der Waals surface area contributed by atoms with Gasteiger partial charge in [0.1, 0.15) is 0 Å². The number of thiazole rings is 1. The van der Waals surface area contributed by atoms with Gasteiger partial charge in [0.2, 0.25) is 0 Å². The van der Waals surface area contributed by atoms with Crippen LogP contribution in [0.1, 0.15) is 18.9 Å². The molecule has 0 aliphatic heterocycles. The van der Waals surface area contributed by atoms with E-state index < -0.39 is 0 Å². The first-order valence-electron chi connectivity index (χ1n) is 7.61. The largest absolute Gasteiger partial charge is 0.315 e. The SMILES string of the molecule is CCN(CC)CCNCCc1nc(-c2ccncc2)cs1. The Kier molecular flexibility index (Phi) is 6.79. The molecule has 0 bridgehead atoms. The van der Waals surface area contributed by atoms with Crippen molar-refractivity contribution in [1.82, 2.24) is 20.2 Å².